The summed E-state index contributed by atoms with van der Waals surface area (Å²) in [5.41, 5.74) is -0.245. The summed E-state index contributed by atoms with van der Waals surface area (Å²) in [7, 11) is -4.17. The van der Waals surface area contributed by atoms with Crippen LogP contribution in [0.15, 0.2) is 64.0 Å². The summed E-state index contributed by atoms with van der Waals surface area (Å²) < 4.78 is 72.9. The minimum absolute atomic E-state index is 0. The number of sulfonamides is 1. The molecule has 2 aromatic heterocycles. The molecule has 2 aromatic carbocycles. The molecule has 0 unspecified atom stereocenters. The van der Waals surface area contributed by atoms with Gasteiger partial charge in [-0.15, -0.1) is 0 Å². The number of nitrogens with zero attached hydrogens (tertiary/aromatic N) is 4. The van der Waals surface area contributed by atoms with Gasteiger partial charge in [0.05, 0.1) is 24.3 Å². The Kier molecular flexibility index (Phi) is 6.64. The smallest absolute Gasteiger partial charge is 0.433 e. The van der Waals surface area contributed by atoms with E-state index in [-0.39, 0.29) is 66.0 Å². The molecule has 0 spiro atoms. The Morgan fingerprint density at radius 1 is 1.09 bits per heavy atom. The number of alkyl halides is 3. The fourth-order valence-electron chi connectivity index (χ4n) is 3.47. The third kappa shape index (κ3) is 4.44. The molecule has 0 bridgehead atoms. The van der Waals surface area contributed by atoms with Crippen molar-refractivity contribution in [1.82, 2.24) is 15.1 Å². The summed E-state index contributed by atoms with van der Waals surface area (Å²) in [5, 5.41) is 6.60. The molecule has 0 amide bonds. The van der Waals surface area contributed by atoms with Crippen LogP contribution in [0.5, 0.6) is 0 Å². The fourth-order valence-corrected chi connectivity index (χ4v) is 4.95. The van der Waals surface area contributed by atoms with Crippen LogP contribution < -0.4 is 9.62 Å². The maximum Gasteiger partial charge on any atom is 0.433 e. The van der Waals surface area contributed by atoms with Crippen molar-refractivity contribution in [3.63, 3.8) is 0 Å². The monoisotopic (exact) mass is 925 g/mol. The molecule has 8 nitrogen and oxygen atoms in total. The van der Waals surface area contributed by atoms with Gasteiger partial charge in [-0.1, -0.05) is 18.2 Å². The number of pyridine rings is 1. The van der Waals surface area contributed by atoms with E-state index in [4.69, 9.17) is 4.52 Å². The molecule has 0 saturated carbocycles. The number of hydrogen-bond donors (Lipinski definition) is 1. The summed E-state index contributed by atoms with van der Waals surface area (Å²) in [4.78, 5) is 7.57. The second-order valence-corrected chi connectivity index (χ2v) is 8.85. The zero-order chi connectivity index (χ0) is 23.2. The van der Waals surface area contributed by atoms with Gasteiger partial charge in [-0.05, 0) is 22.6 Å². The van der Waals surface area contributed by atoms with Crippen molar-refractivity contribution in [2.75, 3.05) is 9.62 Å². The summed E-state index contributed by atoms with van der Waals surface area (Å²) in [5.74, 6) is -0.0489. The van der Waals surface area contributed by atoms with E-state index in [1.165, 1.54) is 36.4 Å². The van der Waals surface area contributed by atoms with Crippen LogP contribution >= 0.6 is 0 Å². The Bertz CT molecular complexity index is 1440. The topological polar surface area (TPSA) is 101 Å². The number of benzene rings is 2. The zero-order valence-corrected chi connectivity index (χ0v) is 27.5. The Balaban J connectivity index is 0.00000171. The predicted molar refractivity (Wildman–Crippen MR) is 110 cm³/mol. The molecule has 3 heterocycles. The van der Waals surface area contributed by atoms with Crippen LogP contribution in [-0.4, -0.2) is 23.5 Å². The second-order valence-electron chi connectivity index (χ2n) is 6.99. The van der Waals surface area contributed by atoms with Gasteiger partial charge in [-0.3, -0.25) is 4.31 Å². The van der Waals surface area contributed by atoms with E-state index in [0.29, 0.717) is 0 Å². The number of para-hydroxylation sites is 1. The van der Waals surface area contributed by atoms with Crippen molar-refractivity contribution < 1.29 is 46.5 Å². The van der Waals surface area contributed by atoms with Gasteiger partial charge in [0.1, 0.15) is 11.5 Å². The Morgan fingerprint density at radius 3 is 2.49 bits per heavy atom. The van der Waals surface area contributed by atoms with Gasteiger partial charge >= 0.3 is 6.18 Å². The standard InChI is InChI=1S/C21H12F3N5O3S.Re.Rf/c22-21(23,24)17-10-9-13-11-29(33(30,31)14-5-2-1-3-6-14)18-15(20-25-12-32-28-20)7-4-8-16(18)26-19(13)27-17;;/h2-10H,11H2,(H,26,27);;/q-2;;. The number of aromatic nitrogens is 3. The Labute approximate surface area is 205 Å². The number of hydrogen-bond acceptors (Lipinski definition) is 7. The zero-order valence-electron chi connectivity index (χ0n) is 17.5. The van der Waals surface area contributed by atoms with Gasteiger partial charge in [-0.2, -0.15) is 48.7 Å². The number of rotatable bonds is 3. The van der Waals surface area contributed by atoms with Crippen molar-refractivity contribution in [3.05, 3.63) is 78.3 Å². The first-order valence-corrected chi connectivity index (χ1v) is 10.9. The normalized spacial score (nSPS) is 12.8. The van der Waals surface area contributed by atoms with Gasteiger partial charge in [0.25, 0.3) is 0 Å². The van der Waals surface area contributed by atoms with Crippen LogP contribution in [0.2, 0.25) is 0 Å². The molecule has 1 aliphatic rings. The van der Waals surface area contributed by atoms with Crippen LogP contribution in [0.4, 0.5) is 30.4 Å². The van der Waals surface area contributed by atoms with E-state index < -0.39 is 21.9 Å². The predicted octanol–water partition coefficient (Wildman–Crippen LogP) is 4.20. The van der Waals surface area contributed by atoms with Crippen LogP contribution in [-0.2, 0) is 43.2 Å². The molecule has 1 aliphatic heterocycles. The molecule has 5 rings (SSSR count). The first-order chi connectivity index (χ1) is 15.7. The number of anilines is 3. The maximum absolute atomic E-state index is 13.7. The average molecular weight is 925 g/mol. The van der Waals surface area contributed by atoms with Crippen LogP contribution in [0, 0.1) is 12.5 Å². The molecule has 35 heavy (non-hydrogen) atoms. The van der Waals surface area contributed by atoms with Crippen molar-refractivity contribution >= 4 is 27.2 Å². The Hall–Kier alpha value is -4.27. The molecule has 1 N–H and O–H groups in total. The molecule has 4 aromatic rings. The van der Waals surface area contributed by atoms with E-state index in [1.54, 1.807) is 12.1 Å². The van der Waals surface area contributed by atoms with Crippen molar-refractivity contribution in [2.24, 2.45) is 0 Å². The largest absolute Gasteiger partial charge is 0.458 e. The second kappa shape index (κ2) is 9.17. The average Bonchev–Trinajstić information content (AvgIpc) is 3.27. The van der Waals surface area contributed by atoms with Crippen molar-refractivity contribution in [3.8, 4) is 11.4 Å². The number of halogens is 3. The summed E-state index contributed by atoms with van der Waals surface area (Å²) >= 11 is 0. The first kappa shape index (κ1) is 25.4. The minimum Gasteiger partial charge on any atom is -0.458 e. The van der Waals surface area contributed by atoms with E-state index in [0.717, 1.165) is 10.4 Å². The summed E-state index contributed by atoms with van der Waals surface area (Å²) in [6, 6.07) is 15.1. The molecular weight excluding hydrogens is 913 g/mol. The van der Waals surface area contributed by atoms with Gasteiger partial charge in [0.2, 0.25) is 10.0 Å². The van der Waals surface area contributed by atoms with Crippen LogP contribution in [0.3, 0.4) is 0 Å². The van der Waals surface area contributed by atoms with Crippen LogP contribution in [0.25, 0.3) is 11.4 Å². The van der Waals surface area contributed by atoms with E-state index >= 15 is 0 Å². The quantitative estimate of drug-likeness (QED) is 0.308. The van der Waals surface area contributed by atoms with Crippen LogP contribution in [0.1, 0.15) is 11.3 Å². The molecule has 177 valence electrons. The number of fused-ring (bicyclic) bond motifs is 2. The molecule has 0 aliphatic carbocycles. The van der Waals surface area contributed by atoms with Gasteiger partial charge in [-0.25, -0.2) is 13.4 Å². The summed E-state index contributed by atoms with van der Waals surface area (Å²) in [6.45, 7) is -0.292. The number of nitrogens with one attached hydrogen (secondary N) is 1. The van der Waals surface area contributed by atoms with E-state index in [9.17, 15) is 21.6 Å². The summed E-state index contributed by atoms with van der Waals surface area (Å²) in [6.07, 6.45) is -2.46. The van der Waals surface area contributed by atoms with Gasteiger partial charge in [0.15, 0.2) is 0 Å². The maximum atomic E-state index is 13.7. The third-order valence-electron chi connectivity index (χ3n) is 4.96. The molecule has 0 atom stereocenters. The SMILES string of the molecule is O=S(=O)(c1cc[c-]cc1)N1Cc2ccc(C(F)(F)F)nc2Nc2cccc(-c3n[c-]on3)c21.[Re].[Rf]. The molecule has 0 saturated heterocycles. The molecule has 1 radical (unpaired) electrons. The molecule has 14 heteroatoms. The minimum atomic E-state index is -4.67. The van der Waals surface area contributed by atoms with Gasteiger partial charge in [0, 0.05) is 31.8 Å². The fraction of sp³-hybridized carbons (Fsp3) is 0.0952. The van der Waals surface area contributed by atoms with E-state index in [2.05, 4.69) is 32.9 Å². The van der Waals surface area contributed by atoms with Crippen molar-refractivity contribution in [1.29, 1.82) is 0 Å². The third-order valence-corrected chi connectivity index (χ3v) is 6.72. The molecule has 0 fully saturated rings. The van der Waals surface area contributed by atoms with E-state index in [1.807, 2.05) is 0 Å². The molecular formula is C21H12F3N5O3ReRfS-2. The van der Waals surface area contributed by atoms with Crippen molar-refractivity contribution in [2.45, 2.75) is 17.6 Å². The Morgan fingerprint density at radius 2 is 1.83 bits per heavy atom. The first-order valence-electron chi connectivity index (χ1n) is 9.41. The van der Waals surface area contributed by atoms with Gasteiger partial charge < -0.3 is 14.8 Å².